The van der Waals surface area contributed by atoms with Crippen molar-refractivity contribution in [1.82, 2.24) is 15.1 Å². The van der Waals surface area contributed by atoms with E-state index < -0.39 is 11.6 Å². The van der Waals surface area contributed by atoms with Crippen LogP contribution in [0.5, 0.6) is 0 Å². The number of piperazine rings is 1. The average Bonchev–Trinajstić information content (AvgIpc) is 2.73. The number of hydrogen-bond acceptors (Lipinski definition) is 7. The summed E-state index contributed by atoms with van der Waals surface area (Å²) in [6.07, 6.45) is 2.66. The first-order valence-corrected chi connectivity index (χ1v) is 12.9. The zero-order valence-corrected chi connectivity index (χ0v) is 21.3. The summed E-state index contributed by atoms with van der Waals surface area (Å²) in [6.45, 7) is 10.5. The Morgan fingerprint density at radius 3 is 2.44 bits per heavy atom. The number of imide groups is 1. The molecule has 1 aliphatic carbocycles. The average molecular weight is 502 g/mol. The lowest BCUT2D eigenvalue weighted by Crippen LogP contribution is -2.69. The van der Waals surface area contributed by atoms with Crippen molar-refractivity contribution >= 4 is 29.3 Å². The van der Waals surface area contributed by atoms with E-state index in [2.05, 4.69) is 20.4 Å². The number of benzene rings is 1. The van der Waals surface area contributed by atoms with E-state index in [1.807, 2.05) is 20.8 Å². The molecule has 36 heavy (non-hydrogen) atoms. The molecular weight excluding hydrogens is 465 g/mol. The molecule has 3 heterocycles. The molecule has 196 valence electrons. The largest absolute Gasteiger partial charge is 0.444 e. The number of nitrogens with zero attached hydrogens (tertiary/aromatic N) is 3. The Labute approximate surface area is 211 Å². The van der Waals surface area contributed by atoms with Crippen LogP contribution in [0.2, 0.25) is 0 Å². The molecule has 1 spiro atoms. The van der Waals surface area contributed by atoms with Crippen molar-refractivity contribution in [1.29, 1.82) is 0 Å². The van der Waals surface area contributed by atoms with Gasteiger partial charge in [0.25, 0.3) is 0 Å². The van der Waals surface area contributed by atoms with Gasteiger partial charge in [0.05, 0.1) is 5.69 Å². The summed E-state index contributed by atoms with van der Waals surface area (Å²) in [5.41, 5.74) is 0.882. The van der Waals surface area contributed by atoms with Crippen LogP contribution < -0.4 is 15.5 Å². The number of ether oxygens (including phenoxy) is 1. The van der Waals surface area contributed by atoms with E-state index in [4.69, 9.17) is 4.74 Å². The molecule has 5 rings (SSSR count). The maximum Gasteiger partial charge on any atom is 0.410 e. The van der Waals surface area contributed by atoms with Crippen LogP contribution in [0.4, 0.5) is 20.6 Å². The smallest absolute Gasteiger partial charge is 0.410 e. The van der Waals surface area contributed by atoms with Crippen molar-refractivity contribution in [2.45, 2.75) is 64.1 Å². The molecule has 3 aliphatic heterocycles. The second-order valence-corrected chi connectivity index (χ2v) is 11.7. The van der Waals surface area contributed by atoms with Gasteiger partial charge < -0.3 is 19.9 Å². The zero-order valence-electron chi connectivity index (χ0n) is 21.3. The zero-order chi connectivity index (χ0) is 25.7. The highest BCUT2D eigenvalue weighted by Gasteiger charge is 2.55. The summed E-state index contributed by atoms with van der Waals surface area (Å²) in [5.74, 6) is -0.963. The maximum absolute atomic E-state index is 14.9. The van der Waals surface area contributed by atoms with Crippen LogP contribution in [0.1, 0.15) is 46.5 Å². The van der Waals surface area contributed by atoms with Gasteiger partial charge in [-0.2, -0.15) is 0 Å². The number of amides is 3. The number of carbonyl (C=O) groups excluding carboxylic acids is 3. The number of halogens is 1. The normalized spacial score (nSPS) is 24.7. The second kappa shape index (κ2) is 9.21. The molecule has 4 aliphatic rings. The van der Waals surface area contributed by atoms with Gasteiger partial charge in [-0.15, -0.1) is 0 Å². The minimum absolute atomic E-state index is 0.217. The Morgan fingerprint density at radius 2 is 1.83 bits per heavy atom. The van der Waals surface area contributed by atoms with Crippen molar-refractivity contribution in [2.24, 2.45) is 5.41 Å². The Bertz CT molecular complexity index is 1040. The van der Waals surface area contributed by atoms with Crippen LogP contribution in [0, 0.1) is 11.2 Å². The van der Waals surface area contributed by atoms with Crippen molar-refractivity contribution < 1.29 is 23.5 Å². The fourth-order valence-electron chi connectivity index (χ4n) is 5.89. The Kier molecular flexibility index (Phi) is 6.34. The molecule has 3 saturated heterocycles. The van der Waals surface area contributed by atoms with Crippen molar-refractivity contribution in [3.05, 3.63) is 24.0 Å². The van der Waals surface area contributed by atoms with Gasteiger partial charge in [-0.1, -0.05) is 0 Å². The molecule has 0 aromatic heterocycles. The van der Waals surface area contributed by atoms with E-state index in [-0.39, 0.29) is 35.6 Å². The summed E-state index contributed by atoms with van der Waals surface area (Å²) in [4.78, 5) is 41.9. The monoisotopic (exact) mass is 501 g/mol. The molecule has 4 fully saturated rings. The minimum Gasteiger partial charge on any atom is -0.444 e. The van der Waals surface area contributed by atoms with E-state index in [9.17, 15) is 18.8 Å². The molecule has 2 N–H and O–H groups in total. The third-order valence-corrected chi connectivity index (χ3v) is 7.74. The van der Waals surface area contributed by atoms with Gasteiger partial charge in [0, 0.05) is 62.8 Å². The third-order valence-electron chi connectivity index (χ3n) is 7.74. The Hall–Kier alpha value is -2.88. The molecule has 3 amide bonds. The summed E-state index contributed by atoms with van der Waals surface area (Å²) >= 11 is 0. The summed E-state index contributed by atoms with van der Waals surface area (Å²) in [7, 11) is 0. The van der Waals surface area contributed by atoms with Crippen LogP contribution in [0.25, 0.3) is 0 Å². The van der Waals surface area contributed by atoms with Crippen LogP contribution in [0.15, 0.2) is 18.2 Å². The lowest BCUT2D eigenvalue weighted by molar-refractivity contribution is -0.133. The maximum atomic E-state index is 14.9. The van der Waals surface area contributed by atoms with E-state index in [1.165, 1.54) is 6.07 Å². The van der Waals surface area contributed by atoms with E-state index in [0.717, 1.165) is 52.1 Å². The van der Waals surface area contributed by atoms with Crippen LogP contribution in [0.3, 0.4) is 0 Å². The molecule has 0 bridgehead atoms. The van der Waals surface area contributed by atoms with Gasteiger partial charge in [-0.05, 0) is 58.2 Å². The highest BCUT2D eigenvalue weighted by atomic mass is 19.1. The number of likely N-dealkylation sites (tertiary alicyclic amines) is 1. The molecule has 1 aromatic rings. The number of nitrogens with one attached hydrogen (secondary N) is 2. The number of piperidine rings is 1. The topological polar surface area (TPSA) is 94.2 Å². The van der Waals surface area contributed by atoms with Gasteiger partial charge in [0.15, 0.2) is 0 Å². The highest BCUT2D eigenvalue weighted by molar-refractivity contribution is 6.01. The van der Waals surface area contributed by atoms with Gasteiger partial charge in [0.1, 0.15) is 17.5 Å². The predicted octanol–water partition coefficient (Wildman–Crippen LogP) is 2.56. The fraction of sp³-hybridized carbons (Fsp3) is 0.654. The Morgan fingerprint density at radius 1 is 1.14 bits per heavy atom. The molecule has 1 aromatic carbocycles. The van der Waals surface area contributed by atoms with Crippen molar-refractivity contribution in [3.63, 3.8) is 0 Å². The quantitative estimate of drug-likeness (QED) is 0.613. The number of hydrogen-bond donors (Lipinski definition) is 2. The lowest BCUT2D eigenvalue weighted by atomic mass is 9.60. The van der Waals surface area contributed by atoms with Gasteiger partial charge in [-0.3, -0.25) is 19.8 Å². The van der Waals surface area contributed by atoms with Crippen LogP contribution >= 0.6 is 0 Å². The summed E-state index contributed by atoms with van der Waals surface area (Å²) in [5, 5.41) is 5.34. The molecule has 1 unspecified atom stereocenters. The van der Waals surface area contributed by atoms with E-state index in [0.29, 0.717) is 23.8 Å². The fourth-order valence-corrected chi connectivity index (χ4v) is 5.89. The lowest BCUT2D eigenvalue weighted by Gasteiger charge is -2.61. The second-order valence-electron chi connectivity index (χ2n) is 11.7. The predicted molar refractivity (Wildman–Crippen MR) is 133 cm³/mol. The minimum atomic E-state index is -0.533. The summed E-state index contributed by atoms with van der Waals surface area (Å²) < 4.78 is 20.4. The SMILES string of the molecule is CC(C)(C)OC(=O)N1CC2(CC(N3CCN(c4ccc(NC5CCC(=O)NC5=O)cc4F)CC3)C2)C1. The number of carbonyl (C=O) groups is 3. The standard InChI is InChI=1S/C26H36FN5O4/c1-25(2,3)36-24(35)32-15-26(16-32)13-18(14-26)30-8-10-31(11-9-30)21-6-4-17(12-19(21)27)28-20-5-7-22(33)29-23(20)34/h4,6,12,18,20,28H,5,7-11,13-16H2,1-3H3,(H,29,33,34). The molecule has 10 heteroatoms. The first kappa shape index (κ1) is 24.8. The summed E-state index contributed by atoms with van der Waals surface area (Å²) in [6, 6.07) is 4.97. The van der Waals surface area contributed by atoms with Gasteiger partial charge in [-0.25, -0.2) is 9.18 Å². The van der Waals surface area contributed by atoms with Crippen LogP contribution in [-0.4, -0.2) is 84.7 Å². The molecule has 1 saturated carbocycles. The first-order valence-electron chi connectivity index (χ1n) is 12.9. The molecule has 0 radical (unpaired) electrons. The van der Waals surface area contributed by atoms with Crippen molar-refractivity contribution in [2.75, 3.05) is 49.5 Å². The highest BCUT2D eigenvalue weighted by Crippen LogP contribution is 2.50. The first-order chi connectivity index (χ1) is 17.0. The molecular formula is C26H36FN5O4. The van der Waals surface area contributed by atoms with E-state index >= 15 is 0 Å². The third kappa shape index (κ3) is 5.14. The number of anilines is 2. The van der Waals surface area contributed by atoms with E-state index in [1.54, 1.807) is 17.0 Å². The van der Waals surface area contributed by atoms with Crippen LogP contribution in [-0.2, 0) is 14.3 Å². The molecule has 9 nitrogen and oxygen atoms in total. The molecule has 1 atom stereocenters. The van der Waals surface area contributed by atoms with Gasteiger partial charge >= 0.3 is 6.09 Å². The number of rotatable bonds is 4. The van der Waals surface area contributed by atoms with Gasteiger partial charge in [0.2, 0.25) is 11.8 Å². The van der Waals surface area contributed by atoms with Crippen molar-refractivity contribution in [3.8, 4) is 0 Å². The Balaban J connectivity index is 1.07.